The van der Waals surface area contributed by atoms with Gasteiger partial charge in [-0.15, -0.1) is 0 Å². The highest BCUT2D eigenvalue weighted by molar-refractivity contribution is 5.95. The molecule has 5 nitrogen and oxygen atoms in total. The molecular formula is C12H19N3O2. The van der Waals surface area contributed by atoms with Crippen LogP contribution >= 0.6 is 0 Å². The van der Waals surface area contributed by atoms with Gasteiger partial charge in [-0.25, -0.2) is 4.98 Å². The lowest BCUT2D eigenvalue weighted by Gasteiger charge is -2.25. The second-order valence-electron chi connectivity index (χ2n) is 4.92. The highest BCUT2D eigenvalue weighted by Crippen LogP contribution is 2.19. The van der Waals surface area contributed by atoms with Crippen LogP contribution < -0.4 is 15.8 Å². The number of carbonyl (C=O) groups is 1. The summed E-state index contributed by atoms with van der Waals surface area (Å²) in [6.07, 6.45) is 1.53. The van der Waals surface area contributed by atoms with Gasteiger partial charge in [0.2, 0.25) is 11.8 Å². The van der Waals surface area contributed by atoms with E-state index >= 15 is 0 Å². The van der Waals surface area contributed by atoms with Gasteiger partial charge >= 0.3 is 0 Å². The van der Waals surface area contributed by atoms with Gasteiger partial charge < -0.3 is 15.8 Å². The Morgan fingerprint density at radius 3 is 2.53 bits per heavy atom. The molecule has 17 heavy (non-hydrogen) atoms. The van der Waals surface area contributed by atoms with Crippen molar-refractivity contribution in [3.63, 3.8) is 0 Å². The first-order valence-electron chi connectivity index (χ1n) is 5.41. The number of anilines is 1. The van der Waals surface area contributed by atoms with Crippen LogP contribution in [0.25, 0.3) is 0 Å². The molecule has 1 heterocycles. The summed E-state index contributed by atoms with van der Waals surface area (Å²) in [6, 6.07) is 2.83. The summed E-state index contributed by atoms with van der Waals surface area (Å²) in [5.41, 5.74) is 6.17. The van der Waals surface area contributed by atoms with E-state index in [-0.39, 0.29) is 11.3 Å². The zero-order valence-corrected chi connectivity index (χ0v) is 10.7. The molecule has 0 aromatic carbocycles. The van der Waals surface area contributed by atoms with Gasteiger partial charge in [-0.1, -0.05) is 20.8 Å². The lowest BCUT2D eigenvalue weighted by atomic mass is 9.87. The van der Waals surface area contributed by atoms with Crippen LogP contribution in [0, 0.1) is 5.41 Å². The average molecular weight is 237 g/mol. The van der Waals surface area contributed by atoms with Crippen LogP contribution in [-0.4, -0.2) is 24.0 Å². The third-order valence-corrected chi connectivity index (χ3v) is 2.43. The van der Waals surface area contributed by atoms with Crippen LogP contribution in [0.4, 0.5) is 5.69 Å². The number of hydrogen-bond donors (Lipinski definition) is 2. The van der Waals surface area contributed by atoms with Gasteiger partial charge in [0, 0.05) is 6.07 Å². The standard InChI is InChI=1S/C12H19N3O2/c1-12(2,3)10(13)11(16)15-8-5-6-9(17-4)14-7-8/h5-7,10H,13H2,1-4H3,(H,15,16)/t10-/m0/s1. The fraction of sp³-hybridized carbons (Fsp3) is 0.500. The minimum Gasteiger partial charge on any atom is -0.481 e. The number of amides is 1. The molecule has 1 atom stereocenters. The molecule has 0 bridgehead atoms. The lowest BCUT2D eigenvalue weighted by Crippen LogP contribution is -2.45. The Morgan fingerprint density at radius 2 is 2.12 bits per heavy atom. The average Bonchev–Trinajstić information content (AvgIpc) is 2.27. The summed E-state index contributed by atoms with van der Waals surface area (Å²) in [4.78, 5) is 15.8. The number of nitrogens with one attached hydrogen (secondary N) is 1. The topological polar surface area (TPSA) is 77.2 Å². The maximum Gasteiger partial charge on any atom is 0.241 e. The van der Waals surface area contributed by atoms with Gasteiger partial charge in [0.1, 0.15) is 0 Å². The van der Waals surface area contributed by atoms with Crippen molar-refractivity contribution >= 4 is 11.6 Å². The monoisotopic (exact) mass is 237 g/mol. The molecule has 1 rings (SSSR count). The first kappa shape index (κ1) is 13.4. The molecule has 0 saturated carbocycles. The molecule has 0 fully saturated rings. The summed E-state index contributed by atoms with van der Waals surface area (Å²) in [5, 5.41) is 2.72. The fourth-order valence-electron chi connectivity index (χ4n) is 1.19. The molecule has 0 unspecified atom stereocenters. The lowest BCUT2D eigenvalue weighted by molar-refractivity contribution is -0.119. The van der Waals surface area contributed by atoms with E-state index in [4.69, 9.17) is 10.5 Å². The molecule has 1 aromatic heterocycles. The molecule has 3 N–H and O–H groups in total. The highest BCUT2D eigenvalue weighted by Gasteiger charge is 2.27. The first-order chi connectivity index (χ1) is 7.84. The Hall–Kier alpha value is -1.62. The van der Waals surface area contributed by atoms with Gasteiger partial charge in [-0.05, 0) is 11.5 Å². The van der Waals surface area contributed by atoms with Gasteiger partial charge in [0.15, 0.2) is 0 Å². The zero-order chi connectivity index (χ0) is 13.1. The number of nitrogens with two attached hydrogens (primary N) is 1. The Bertz CT molecular complexity index is 382. The van der Waals surface area contributed by atoms with E-state index in [0.717, 1.165) is 0 Å². The molecule has 5 heteroatoms. The number of hydrogen-bond acceptors (Lipinski definition) is 4. The Kier molecular flexibility index (Phi) is 4.07. The van der Waals surface area contributed by atoms with Crippen molar-refractivity contribution in [2.75, 3.05) is 12.4 Å². The molecule has 0 aliphatic rings. The maximum absolute atomic E-state index is 11.8. The van der Waals surface area contributed by atoms with Crippen molar-refractivity contribution in [2.24, 2.45) is 11.1 Å². The van der Waals surface area contributed by atoms with E-state index in [1.54, 1.807) is 12.1 Å². The van der Waals surface area contributed by atoms with E-state index in [9.17, 15) is 4.79 Å². The molecule has 0 spiro atoms. The minimum absolute atomic E-state index is 0.218. The summed E-state index contributed by atoms with van der Waals surface area (Å²) >= 11 is 0. The molecule has 0 aliphatic heterocycles. The first-order valence-corrected chi connectivity index (χ1v) is 5.41. The van der Waals surface area contributed by atoms with Crippen LogP contribution in [0.15, 0.2) is 18.3 Å². The van der Waals surface area contributed by atoms with Gasteiger partial charge in [0.05, 0.1) is 25.0 Å². The minimum atomic E-state index is -0.565. The quantitative estimate of drug-likeness (QED) is 0.833. The van der Waals surface area contributed by atoms with Crippen LogP contribution in [-0.2, 0) is 4.79 Å². The number of pyridine rings is 1. The number of aromatic nitrogens is 1. The fourth-order valence-corrected chi connectivity index (χ4v) is 1.19. The second kappa shape index (κ2) is 5.14. The van der Waals surface area contributed by atoms with Gasteiger partial charge in [-0.2, -0.15) is 0 Å². The summed E-state index contributed by atoms with van der Waals surface area (Å²) in [5.74, 6) is 0.285. The smallest absolute Gasteiger partial charge is 0.241 e. The molecule has 1 aromatic rings. The van der Waals surface area contributed by atoms with Crippen LogP contribution in [0.3, 0.4) is 0 Å². The predicted molar refractivity (Wildman–Crippen MR) is 66.8 cm³/mol. The van der Waals surface area contributed by atoms with E-state index in [2.05, 4.69) is 10.3 Å². The largest absolute Gasteiger partial charge is 0.481 e. The van der Waals surface area contributed by atoms with Crippen molar-refractivity contribution in [1.82, 2.24) is 4.98 Å². The van der Waals surface area contributed by atoms with E-state index < -0.39 is 6.04 Å². The molecule has 0 radical (unpaired) electrons. The third kappa shape index (κ3) is 3.71. The van der Waals surface area contributed by atoms with Crippen LogP contribution in [0.5, 0.6) is 5.88 Å². The number of rotatable bonds is 3. The Morgan fingerprint density at radius 1 is 1.47 bits per heavy atom. The number of methoxy groups -OCH3 is 1. The molecule has 1 amide bonds. The van der Waals surface area contributed by atoms with E-state index in [1.165, 1.54) is 13.3 Å². The van der Waals surface area contributed by atoms with Crippen LogP contribution in [0.2, 0.25) is 0 Å². The van der Waals surface area contributed by atoms with Crippen molar-refractivity contribution < 1.29 is 9.53 Å². The predicted octanol–water partition coefficient (Wildman–Crippen LogP) is 1.40. The highest BCUT2D eigenvalue weighted by atomic mass is 16.5. The van der Waals surface area contributed by atoms with Crippen molar-refractivity contribution in [3.8, 4) is 5.88 Å². The van der Waals surface area contributed by atoms with E-state index in [0.29, 0.717) is 11.6 Å². The summed E-state index contributed by atoms with van der Waals surface area (Å²) in [7, 11) is 1.54. The van der Waals surface area contributed by atoms with Crippen molar-refractivity contribution in [3.05, 3.63) is 18.3 Å². The molecular weight excluding hydrogens is 218 g/mol. The molecule has 0 saturated heterocycles. The summed E-state index contributed by atoms with van der Waals surface area (Å²) in [6.45, 7) is 5.76. The van der Waals surface area contributed by atoms with Crippen molar-refractivity contribution in [1.29, 1.82) is 0 Å². The van der Waals surface area contributed by atoms with Gasteiger partial charge in [0.25, 0.3) is 0 Å². The Balaban J connectivity index is 2.68. The zero-order valence-electron chi connectivity index (χ0n) is 10.7. The second-order valence-corrected chi connectivity index (χ2v) is 4.92. The molecule has 94 valence electrons. The van der Waals surface area contributed by atoms with Gasteiger partial charge in [-0.3, -0.25) is 4.79 Å². The van der Waals surface area contributed by atoms with Crippen molar-refractivity contribution in [2.45, 2.75) is 26.8 Å². The SMILES string of the molecule is COc1ccc(NC(=O)[C@H](N)C(C)(C)C)cn1. The number of carbonyl (C=O) groups excluding carboxylic acids is 1. The maximum atomic E-state index is 11.8. The summed E-state index contributed by atoms with van der Waals surface area (Å²) < 4.78 is 4.93. The normalized spacial score (nSPS) is 13.0. The van der Waals surface area contributed by atoms with Crippen LogP contribution in [0.1, 0.15) is 20.8 Å². The number of ether oxygens (including phenoxy) is 1. The van der Waals surface area contributed by atoms with E-state index in [1.807, 2.05) is 20.8 Å². The Labute approximate surface area is 101 Å². The number of nitrogens with zero attached hydrogens (tertiary/aromatic N) is 1. The molecule has 0 aliphatic carbocycles. The third-order valence-electron chi connectivity index (χ3n) is 2.43.